The van der Waals surface area contributed by atoms with Crippen LogP contribution in [0.5, 0.6) is 5.75 Å². The van der Waals surface area contributed by atoms with Gasteiger partial charge in [0.2, 0.25) is 10.0 Å². The number of nitrogens with zero attached hydrogens (tertiary/aromatic N) is 1. The molecule has 33 heavy (non-hydrogen) atoms. The molecule has 1 heterocycles. The Morgan fingerprint density at radius 3 is 2.24 bits per heavy atom. The van der Waals surface area contributed by atoms with E-state index in [1.54, 1.807) is 29.2 Å². The normalized spacial score (nSPS) is 18.6. The number of carbonyl (C=O) groups is 2. The second-order valence-corrected chi connectivity index (χ2v) is 9.78. The van der Waals surface area contributed by atoms with Crippen molar-refractivity contribution < 1.29 is 27.5 Å². The van der Waals surface area contributed by atoms with Gasteiger partial charge < -0.3 is 19.7 Å². The summed E-state index contributed by atoms with van der Waals surface area (Å²) in [6.45, 7) is 5.21. The van der Waals surface area contributed by atoms with Gasteiger partial charge in [-0.2, -0.15) is 0 Å². The first-order chi connectivity index (χ1) is 15.6. The third-order valence-corrected chi connectivity index (χ3v) is 6.78. The Bertz CT molecular complexity index is 1110. The topological polar surface area (TPSA) is 114 Å². The largest absolute Gasteiger partial charge is 0.495 e. The number of sulfonamides is 1. The van der Waals surface area contributed by atoms with Crippen molar-refractivity contribution in [3.05, 3.63) is 59.2 Å². The highest BCUT2D eigenvalue weighted by molar-refractivity contribution is 7.89. The molecule has 1 fully saturated rings. The number of hydrogen-bond acceptors (Lipinski definition) is 6. The van der Waals surface area contributed by atoms with Crippen molar-refractivity contribution in [2.75, 3.05) is 27.2 Å². The Hall–Kier alpha value is -2.95. The molecule has 0 bridgehead atoms. The minimum atomic E-state index is -3.79. The molecular formula is C23H29N3O6S. The lowest BCUT2D eigenvalue weighted by molar-refractivity contribution is -0.0586. The van der Waals surface area contributed by atoms with Crippen LogP contribution in [0.4, 0.5) is 0 Å². The Morgan fingerprint density at radius 1 is 1.06 bits per heavy atom. The van der Waals surface area contributed by atoms with E-state index in [9.17, 15) is 18.0 Å². The molecular weight excluding hydrogens is 446 g/mol. The number of benzene rings is 2. The number of ether oxygens (including phenoxy) is 2. The van der Waals surface area contributed by atoms with Crippen LogP contribution >= 0.6 is 0 Å². The number of amides is 2. The van der Waals surface area contributed by atoms with Gasteiger partial charge in [-0.1, -0.05) is 12.1 Å². The minimum absolute atomic E-state index is 0.00579. The molecule has 9 nitrogen and oxygen atoms in total. The fourth-order valence-corrected chi connectivity index (χ4v) is 4.63. The van der Waals surface area contributed by atoms with E-state index in [0.717, 1.165) is 5.56 Å². The van der Waals surface area contributed by atoms with Crippen LogP contribution in [0.3, 0.4) is 0 Å². The highest BCUT2D eigenvalue weighted by Gasteiger charge is 2.26. The molecule has 178 valence electrons. The zero-order valence-electron chi connectivity index (χ0n) is 19.1. The van der Waals surface area contributed by atoms with E-state index >= 15 is 0 Å². The Balaban J connectivity index is 1.65. The van der Waals surface area contributed by atoms with Gasteiger partial charge in [-0.05, 0) is 56.8 Å². The summed E-state index contributed by atoms with van der Waals surface area (Å²) in [4.78, 5) is 27.0. The second kappa shape index (κ2) is 10.3. The van der Waals surface area contributed by atoms with E-state index in [1.165, 1.54) is 32.4 Å². The standard InChI is InChI=1S/C23H29N3O6S/c1-15-13-26(14-16(2)32-15)23(28)18-7-5-17(6-8-18)12-25-22(27)19-9-10-20(31-4)21(11-19)33(29,30)24-3/h5-11,15-16,24H,12-14H2,1-4H3,(H,25,27). The van der Waals surface area contributed by atoms with E-state index in [2.05, 4.69) is 10.0 Å². The third kappa shape index (κ3) is 5.89. The van der Waals surface area contributed by atoms with Gasteiger partial charge in [0.05, 0.1) is 19.3 Å². The highest BCUT2D eigenvalue weighted by Crippen LogP contribution is 2.24. The van der Waals surface area contributed by atoms with Gasteiger partial charge in [0.15, 0.2) is 0 Å². The summed E-state index contributed by atoms with van der Waals surface area (Å²) < 4.78 is 37.4. The molecule has 0 aromatic heterocycles. The first-order valence-corrected chi connectivity index (χ1v) is 12.1. The predicted octanol–water partition coefficient (Wildman–Crippen LogP) is 1.78. The molecule has 1 saturated heterocycles. The van der Waals surface area contributed by atoms with Gasteiger partial charge in [0.25, 0.3) is 11.8 Å². The van der Waals surface area contributed by atoms with Gasteiger partial charge in [-0.3, -0.25) is 9.59 Å². The van der Waals surface area contributed by atoms with E-state index in [0.29, 0.717) is 18.7 Å². The van der Waals surface area contributed by atoms with Crippen molar-refractivity contribution in [3.63, 3.8) is 0 Å². The molecule has 0 saturated carbocycles. The zero-order valence-corrected chi connectivity index (χ0v) is 19.9. The van der Waals surface area contributed by atoms with E-state index in [4.69, 9.17) is 9.47 Å². The molecule has 2 aromatic rings. The molecule has 1 aliphatic heterocycles. The maximum atomic E-state index is 12.8. The minimum Gasteiger partial charge on any atom is -0.495 e. The maximum absolute atomic E-state index is 12.8. The van der Waals surface area contributed by atoms with Crippen LogP contribution in [0, 0.1) is 0 Å². The monoisotopic (exact) mass is 475 g/mol. The molecule has 10 heteroatoms. The zero-order chi connectivity index (χ0) is 24.2. The number of carbonyl (C=O) groups excluding carboxylic acids is 2. The third-order valence-electron chi connectivity index (χ3n) is 5.34. The van der Waals surface area contributed by atoms with Crippen LogP contribution in [0.2, 0.25) is 0 Å². The lowest BCUT2D eigenvalue weighted by atomic mass is 10.1. The van der Waals surface area contributed by atoms with Gasteiger partial charge >= 0.3 is 0 Å². The van der Waals surface area contributed by atoms with E-state index < -0.39 is 15.9 Å². The van der Waals surface area contributed by atoms with Crippen molar-refractivity contribution in [3.8, 4) is 5.75 Å². The van der Waals surface area contributed by atoms with Gasteiger partial charge in [-0.15, -0.1) is 0 Å². The smallest absolute Gasteiger partial charge is 0.254 e. The number of hydrogen-bond donors (Lipinski definition) is 2. The lowest BCUT2D eigenvalue weighted by Gasteiger charge is -2.35. The maximum Gasteiger partial charge on any atom is 0.254 e. The average Bonchev–Trinajstić information content (AvgIpc) is 2.81. The molecule has 2 N–H and O–H groups in total. The SMILES string of the molecule is CNS(=O)(=O)c1cc(C(=O)NCc2ccc(C(=O)N3CC(C)OC(C)C3)cc2)ccc1OC. The van der Waals surface area contributed by atoms with E-state index in [-0.39, 0.29) is 40.9 Å². The molecule has 2 unspecified atom stereocenters. The van der Waals surface area contributed by atoms with Crippen molar-refractivity contribution in [2.45, 2.75) is 37.5 Å². The summed E-state index contributed by atoms with van der Waals surface area (Å²) in [5, 5.41) is 2.77. The first kappa shape index (κ1) is 24.7. The predicted molar refractivity (Wildman–Crippen MR) is 123 cm³/mol. The summed E-state index contributed by atoms with van der Waals surface area (Å²) in [7, 11) is -1.14. The van der Waals surface area contributed by atoms with Crippen molar-refractivity contribution in [1.82, 2.24) is 14.9 Å². The van der Waals surface area contributed by atoms with Crippen molar-refractivity contribution >= 4 is 21.8 Å². The lowest BCUT2D eigenvalue weighted by Crippen LogP contribution is -2.48. The second-order valence-electron chi connectivity index (χ2n) is 7.92. The summed E-state index contributed by atoms with van der Waals surface area (Å²) in [5.41, 5.74) is 1.57. The van der Waals surface area contributed by atoms with Gasteiger partial charge in [0.1, 0.15) is 10.6 Å². The molecule has 2 atom stereocenters. The summed E-state index contributed by atoms with van der Waals surface area (Å²) in [6, 6.07) is 11.2. The molecule has 0 radical (unpaired) electrons. The van der Waals surface area contributed by atoms with Gasteiger partial charge in [0, 0.05) is 30.8 Å². The van der Waals surface area contributed by atoms with E-state index in [1.807, 2.05) is 13.8 Å². The summed E-state index contributed by atoms with van der Waals surface area (Å²) >= 11 is 0. The quantitative estimate of drug-likeness (QED) is 0.631. The van der Waals surface area contributed by atoms with Crippen LogP contribution in [-0.4, -0.2) is 64.6 Å². The number of methoxy groups -OCH3 is 1. The molecule has 1 aliphatic rings. The number of rotatable bonds is 7. The fraction of sp³-hybridized carbons (Fsp3) is 0.391. The molecule has 0 spiro atoms. The van der Waals surface area contributed by atoms with Gasteiger partial charge in [-0.25, -0.2) is 13.1 Å². The van der Waals surface area contributed by atoms with Crippen LogP contribution in [0.1, 0.15) is 40.1 Å². The molecule has 2 aromatic carbocycles. The van der Waals surface area contributed by atoms with Crippen LogP contribution in [-0.2, 0) is 21.3 Å². The molecule has 2 amide bonds. The molecule has 3 rings (SSSR count). The highest BCUT2D eigenvalue weighted by atomic mass is 32.2. The van der Waals surface area contributed by atoms with Crippen LogP contribution in [0.15, 0.2) is 47.4 Å². The van der Waals surface area contributed by atoms with Crippen LogP contribution < -0.4 is 14.8 Å². The summed E-state index contributed by atoms with van der Waals surface area (Å²) in [5.74, 6) is -0.337. The Morgan fingerprint density at radius 2 is 1.67 bits per heavy atom. The van der Waals surface area contributed by atoms with Crippen LogP contribution in [0.25, 0.3) is 0 Å². The Kier molecular flexibility index (Phi) is 7.72. The Labute approximate surface area is 194 Å². The first-order valence-electron chi connectivity index (χ1n) is 10.6. The molecule has 0 aliphatic carbocycles. The van der Waals surface area contributed by atoms with Crippen molar-refractivity contribution in [2.24, 2.45) is 0 Å². The number of morpholine rings is 1. The van der Waals surface area contributed by atoms with Crippen molar-refractivity contribution in [1.29, 1.82) is 0 Å². The average molecular weight is 476 g/mol. The number of nitrogens with one attached hydrogen (secondary N) is 2. The summed E-state index contributed by atoms with van der Waals surface area (Å²) in [6.07, 6.45) is -0.0116. The fourth-order valence-electron chi connectivity index (χ4n) is 3.71.